The fraction of sp³-hybridized carbons (Fsp3) is 0.200. The molecule has 2 aromatic rings. The molecule has 0 unspecified atom stereocenters. The minimum Gasteiger partial charge on any atom is -0.396 e. The van der Waals surface area contributed by atoms with E-state index in [2.05, 4.69) is 0 Å². The number of hydrogen-bond acceptors (Lipinski definition) is 4. The number of rotatable bonds is 4. The lowest BCUT2D eigenvalue weighted by Crippen LogP contribution is -2.24. The van der Waals surface area contributed by atoms with Crippen LogP contribution >= 0.6 is 0 Å². The largest absolute Gasteiger partial charge is 0.396 e. The van der Waals surface area contributed by atoms with Gasteiger partial charge in [-0.25, -0.2) is 12.7 Å². The quantitative estimate of drug-likeness (QED) is 0.880. The van der Waals surface area contributed by atoms with E-state index in [9.17, 15) is 8.42 Å². The van der Waals surface area contributed by atoms with Gasteiger partial charge in [-0.1, -0.05) is 24.3 Å². The van der Waals surface area contributed by atoms with Crippen LogP contribution in [0.4, 0.5) is 17.1 Å². The number of anilines is 3. The van der Waals surface area contributed by atoms with Crippen LogP contribution in [0.25, 0.3) is 0 Å². The molecule has 6 heteroatoms. The van der Waals surface area contributed by atoms with Gasteiger partial charge < -0.3 is 10.6 Å². The Morgan fingerprint density at radius 2 is 1.52 bits per heavy atom. The second-order valence-corrected chi connectivity index (χ2v) is 6.99. The third-order valence-corrected chi connectivity index (χ3v) is 5.18. The Balaban J connectivity index is 2.53. The van der Waals surface area contributed by atoms with Crippen LogP contribution in [-0.2, 0) is 10.0 Å². The normalized spacial score (nSPS) is 11.6. The van der Waals surface area contributed by atoms with E-state index in [1.165, 1.54) is 20.2 Å². The van der Waals surface area contributed by atoms with Crippen molar-refractivity contribution >= 4 is 27.1 Å². The molecule has 0 saturated heterocycles. The lowest BCUT2D eigenvalue weighted by Gasteiger charge is -2.23. The second-order valence-electron chi connectivity index (χ2n) is 4.87. The van der Waals surface area contributed by atoms with Crippen molar-refractivity contribution in [2.45, 2.75) is 4.90 Å². The van der Waals surface area contributed by atoms with E-state index in [-0.39, 0.29) is 10.6 Å². The highest BCUT2D eigenvalue weighted by molar-refractivity contribution is 7.89. The van der Waals surface area contributed by atoms with Gasteiger partial charge >= 0.3 is 0 Å². The standard InChI is InChI=1S/C15H19N3O2S/c1-17(2)21(19,20)14-11-7-10-13(15(14)16)18(3)12-8-5-4-6-9-12/h4-11H,16H2,1-3H3. The van der Waals surface area contributed by atoms with Crippen molar-refractivity contribution in [2.24, 2.45) is 0 Å². The minimum atomic E-state index is -3.56. The summed E-state index contributed by atoms with van der Waals surface area (Å²) in [6.45, 7) is 0. The number of benzene rings is 2. The van der Waals surface area contributed by atoms with E-state index in [4.69, 9.17) is 5.73 Å². The molecule has 2 rings (SSSR count). The summed E-state index contributed by atoms with van der Waals surface area (Å²) in [5.41, 5.74) is 7.94. The third-order valence-electron chi connectivity index (χ3n) is 3.31. The van der Waals surface area contributed by atoms with Crippen LogP contribution in [0.15, 0.2) is 53.4 Å². The average molecular weight is 305 g/mol. The fourth-order valence-corrected chi connectivity index (χ4v) is 3.06. The van der Waals surface area contributed by atoms with Gasteiger partial charge in [0.2, 0.25) is 10.0 Å². The minimum absolute atomic E-state index is 0.118. The topological polar surface area (TPSA) is 66.6 Å². The lowest BCUT2D eigenvalue weighted by molar-refractivity contribution is 0.521. The number of para-hydroxylation sites is 2. The highest BCUT2D eigenvalue weighted by Gasteiger charge is 2.22. The molecular weight excluding hydrogens is 286 g/mol. The first-order valence-corrected chi connectivity index (χ1v) is 7.89. The number of nitrogens with two attached hydrogens (primary N) is 1. The zero-order valence-electron chi connectivity index (χ0n) is 12.3. The van der Waals surface area contributed by atoms with Crippen molar-refractivity contribution in [3.63, 3.8) is 0 Å². The van der Waals surface area contributed by atoms with Crippen LogP contribution in [0.2, 0.25) is 0 Å². The average Bonchev–Trinajstić information content (AvgIpc) is 2.47. The van der Waals surface area contributed by atoms with Crippen molar-refractivity contribution in [3.8, 4) is 0 Å². The van der Waals surface area contributed by atoms with Crippen molar-refractivity contribution in [1.29, 1.82) is 0 Å². The molecule has 0 heterocycles. The van der Waals surface area contributed by atoms with Gasteiger partial charge in [-0.3, -0.25) is 0 Å². The summed E-state index contributed by atoms with van der Waals surface area (Å²) in [6, 6.07) is 14.7. The molecule has 0 radical (unpaired) electrons. The molecule has 2 N–H and O–H groups in total. The first-order chi connectivity index (χ1) is 9.85. The third kappa shape index (κ3) is 2.86. The summed E-state index contributed by atoms with van der Waals surface area (Å²) in [7, 11) is 1.27. The summed E-state index contributed by atoms with van der Waals surface area (Å²) in [5.74, 6) is 0. The number of nitrogen functional groups attached to an aromatic ring is 1. The summed E-state index contributed by atoms with van der Waals surface area (Å²) in [6.07, 6.45) is 0. The number of sulfonamides is 1. The predicted molar refractivity (Wildman–Crippen MR) is 86.2 cm³/mol. The van der Waals surface area contributed by atoms with Crippen molar-refractivity contribution in [3.05, 3.63) is 48.5 Å². The Bertz CT molecular complexity index is 728. The van der Waals surface area contributed by atoms with Crippen LogP contribution < -0.4 is 10.6 Å². The Labute approximate surface area is 125 Å². The number of nitrogens with zero attached hydrogens (tertiary/aromatic N) is 2. The van der Waals surface area contributed by atoms with Gasteiger partial charge in [0.1, 0.15) is 4.90 Å². The van der Waals surface area contributed by atoms with Crippen molar-refractivity contribution < 1.29 is 8.42 Å². The van der Waals surface area contributed by atoms with E-state index in [0.717, 1.165) is 9.99 Å². The molecule has 0 fully saturated rings. The fourth-order valence-electron chi connectivity index (χ4n) is 2.04. The molecule has 0 bridgehead atoms. The Hall–Kier alpha value is -2.05. The van der Waals surface area contributed by atoms with Crippen LogP contribution in [0.3, 0.4) is 0 Å². The molecule has 2 aromatic carbocycles. The predicted octanol–water partition coefficient (Wildman–Crippen LogP) is 2.29. The number of hydrogen-bond donors (Lipinski definition) is 1. The molecule has 0 atom stereocenters. The zero-order chi connectivity index (χ0) is 15.6. The van der Waals surface area contributed by atoms with Gasteiger partial charge in [-0.15, -0.1) is 0 Å². The van der Waals surface area contributed by atoms with Crippen molar-refractivity contribution in [1.82, 2.24) is 4.31 Å². The Morgan fingerprint density at radius 1 is 0.905 bits per heavy atom. The molecule has 0 aliphatic carbocycles. The maximum Gasteiger partial charge on any atom is 0.244 e. The summed E-state index contributed by atoms with van der Waals surface area (Å²) >= 11 is 0. The van der Waals surface area contributed by atoms with Crippen LogP contribution in [0.5, 0.6) is 0 Å². The van der Waals surface area contributed by atoms with E-state index in [1.807, 2.05) is 42.3 Å². The maximum absolute atomic E-state index is 12.3. The molecule has 21 heavy (non-hydrogen) atoms. The molecule has 0 aliphatic heterocycles. The first-order valence-electron chi connectivity index (χ1n) is 6.45. The molecule has 0 spiro atoms. The Kier molecular flexibility index (Phi) is 4.20. The van der Waals surface area contributed by atoms with E-state index in [0.29, 0.717) is 5.69 Å². The summed E-state index contributed by atoms with van der Waals surface area (Å²) in [4.78, 5) is 1.98. The second kappa shape index (κ2) is 5.75. The van der Waals surface area contributed by atoms with Crippen LogP contribution in [0.1, 0.15) is 0 Å². The Morgan fingerprint density at radius 3 is 2.10 bits per heavy atom. The van der Waals surface area contributed by atoms with Gasteiger partial charge in [0.05, 0.1) is 11.4 Å². The van der Waals surface area contributed by atoms with E-state index < -0.39 is 10.0 Å². The molecule has 5 nitrogen and oxygen atoms in total. The monoisotopic (exact) mass is 305 g/mol. The molecule has 0 aliphatic rings. The lowest BCUT2D eigenvalue weighted by atomic mass is 10.2. The molecule has 0 saturated carbocycles. The summed E-state index contributed by atoms with van der Waals surface area (Å²) < 4.78 is 25.7. The van der Waals surface area contributed by atoms with E-state index >= 15 is 0 Å². The smallest absolute Gasteiger partial charge is 0.244 e. The molecular formula is C15H19N3O2S. The molecule has 0 aromatic heterocycles. The van der Waals surface area contributed by atoms with Crippen LogP contribution in [-0.4, -0.2) is 33.9 Å². The molecule has 112 valence electrons. The van der Waals surface area contributed by atoms with Crippen LogP contribution in [0, 0.1) is 0 Å². The van der Waals surface area contributed by atoms with Gasteiger partial charge in [0, 0.05) is 26.8 Å². The first kappa shape index (κ1) is 15.3. The van der Waals surface area contributed by atoms with Gasteiger partial charge in [-0.05, 0) is 24.3 Å². The molecule has 0 amide bonds. The highest BCUT2D eigenvalue weighted by Crippen LogP contribution is 2.33. The van der Waals surface area contributed by atoms with E-state index in [1.54, 1.807) is 12.1 Å². The van der Waals surface area contributed by atoms with Crippen molar-refractivity contribution in [2.75, 3.05) is 31.8 Å². The SMILES string of the molecule is CN(c1ccccc1)c1cccc(S(=O)(=O)N(C)C)c1N. The van der Waals surface area contributed by atoms with Gasteiger partial charge in [-0.2, -0.15) is 0 Å². The highest BCUT2D eigenvalue weighted by atomic mass is 32.2. The van der Waals surface area contributed by atoms with Gasteiger partial charge in [0.25, 0.3) is 0 Å². The summed E-state index contributed by atoms with van der Waals surface area (Å²) in [5, 5.41) is 0. The zero-order valence-corrected chi connectivity index (χ0v) is 13.1. The van der Waals surface area contributed by atoms with Gasteiger partial charge in [0.15, 0.2) is 0 Å². The maximum atomic E-state index is 12.3.